The minimum absolute atomic E-state index is 0.364. The fourth-order valence-electron chi connectivity index (χ4n) is 2.33. The van der Waals surface area contributed by atoms with E-state index < -0.39 is 11.7 Å². The molecule has 0 aliphatic carbocycles. The van der Waals surface area contributed by atoms with Crippen LogP contribution in [0, 0.1) is 0 Å². The third kappa shape index (κ3) is 8.01. The lowest BCUT2D eigenvalue weighted by Gasteiger charge is -2.23. The molecule has 5 nitrogen and oxygen atoms in total. The number of alkyl halides is 1. The number of hydrogen-bond acceptors (Lipinski definition) is 4. The third-order valence-corrected chi connectivity index (χ3v) is 3.62. The maximum atomic E-state index is 11.5. The van der Waals surface area contributed by atoms with Crippen LogP contribution < -0.4 is 10.6 Å². The second-order valence-electron chi connectivity index (χ2n) is 6.40. The van der Waals surface area contributed by atoms with E-state index >= 15 is 0 Å². The summed E-state index contributed by atoms with van der Waals surface area (Å²) in [6.07, 6.45) is 2.45. The van der Waals surface area contributed by atoms with Crippen molar-refractivity contribution in [2.45, 2.75) is 58.1 Å². The van der Waals surface area contributed by atoms with Crippen molar-refractivity contribution in [3.05, 3.63) is 11.1 Å². The molecule has 128 valence electrons. The SMILES string of the molecule is CCC1=C(CC(Cl)OCCNC(=O)OC(C)(C)C)CNCC1. The lowest BCUT2D eigenvalue weighted by atomic mass is 9.97. The van der Waals surface area contributed by atoms with E-state index in [0.717, 1.165) is 32.4 Å². The number of ether oxygens (including phenoxy) is 2. The molecular weight excluding hydrogens is 304 g/mol. The topological polar surface area (TPSA) is 59.6 Å². The summed E-state index contributed by atoms with van der Waals surface area (Å²) in [4.78, 5) is 11.5. The summed E-state index contributed by atoms with van der Waals surface area (Å²) < 4.78 is 10.7. The van der Waals surface area contributed by atoms with E-state index in [2.05, 4.69) is 17.6 Å². The van der Waals surface area contributed by atoms with Gasteiger partial charge in [-0.05, 0) is 40.2 Å². The first-order valence-corrected chi connectivity index (χ1v) is 8.38. The standard InChI is InChI=1S/C16H29ClN2O3/c1-5-12-6-7-18-11-13(12)10-14(17)21-9-8-19-15(20)22-16(2,3)4/h14,18H,5-11H2,1-4H3,(H,19,20). The normalized spacial score (nSPS) is 17.3. The summed E-state index contributed by atoms with van der Waals surface area (Å²) in [5, 5.41) is 6.01. The van der Waals surface area contributed by atoms with E-state index in [1.54, 1.807) is 0 Å². The lowest BCUT2D eigenvalue weighted by Crippen LogP contribution is -2.34. The zero-order valence-electron chi connectivity index (χ0n) is 14.1. The van der Waals surface area contributed by atoms with E-state index in [0.29, 0.717) is 13.2 Å². The molecule has 1 unspecified atom stereocenters. The fourth-order valence-corrected chi connectivity index (χ4v) is 2.61. The first kappa shape index (κ1) is 19.3. The van der Waals surface area contributed by atoms with E-state index in [9.17, 15) is 4.79 Å². The molecule has 0 radical (unpaired) electrons. The monoisotopic (exact) mass is 332 g/mol. The van der Waals surface area contributed by atoms with Crippen molar-refractivity contribution in [2.24, 2.45) is 0 Å². The molecule has 0 aromatic rings. The summed E-state index contributed by atoms with van der Waals surface area (Å²) in [6, 6.07) is 0. The molecule has 0 saturated carbocycles. The van der Waals surface area contributed by atoms with Crippen LogP contribution in [0.25, 0.3) is 0 Å². The molecule has 0 saturated heterocycles. The molecule has 0 spiro atoms. The van der Waals surface area contributed by atoms with Crippen LogP contribution in [0.1, 0.15) is 47.0 Å². The Morgan fingerprint density at radius 3 is 2.77 bits per heavy atom. The van der Waals surface area contributed by atoms with Gasteiger partial charge in [-0.25, -0.2) is 4.79 Å². The van der Waals surface area contributed by atoms with Gasteiger partial charge in [-0.15, -0.1) is 0 Å². The molecule has 0 bridgehead atoms. The van der Waals surface area contributed by atoms with Crippen LogP contribution >= 0.6 is 11.6 Å². The highest BCUT2D eigenvalue weighted by Gasteiger charge is 2.17. The largest absolute Gasteiger partial charge is 0.444 e. The molecule has 1 rings (SSSR count). The van der Waals surface area contributed by atoms with Gasteiger partial charge in [-0.1, -0.05) is 29.7 Å². The second kappa shape index (κ2) is 9.38. The molecule has 1 heterocycles. The van der Waals surface area contributed by atoms with E-state index in [1.165, 1.54) is 11.1 Å². The highest BCUT2D eigenvalue weighted by molar-refractivity contribution is 6.19. The van der Waals surface area contributed by atoms with Crippen LogP contribution in [-0.2, 0) is 9.47 Å². The number of rotatable bonds is 7. The van der Waals surface area contributed by atoms with Gasteiger partial charge in [0.15, 0.2) is 0 Å². The molecule has 1 aliphatic rings. The first-order valence-electron chi connectivity index (χ1n) is 7.95. The van der Waals surface area contributed by atoms with Crippen LogP contribution in [0.4, 0.5) is 4.79 Å². The number of hydrogen-bond donors (Lipinski definition) is 2. The number of nitrogens with one attached hydrogen (secondary N) is 2. The Bertz CT molecular complexity index is 391. The molecule has 6 heteroatoms. The quantitative estimate of drug-likeness (QED) is 0.427. The molecule has 1 aliphatic heterocycles. The summed E-state index contributed by atoms with van der Waals surface area (Å²) >= 11 is 6.23. The Labute approximate surface area is 138 Å². The predicted octanol–water partition coefficient (Wildman–Crippen LogP) is 3.18. The van der Waals surface area contributed by atoms with Gasteiger partial charge in [-0.3, -0.25) is 0 Å². The van der Waals surface area contributed by atoms with Crippen molar-refractivity contribution >= 4 is 17.7 Å². The van der Waals surface area contributed by atoms with E-state index in [1.807, 2.05) is 20.8 Å². The Morgan fingerprint density at radius 1 is 1.41 bits per heavy atom. The summed E-state index contributed by atoms with van der Waals surface area (Å²) in [6.45, 7) is 10.4. The molecule has 1 amide bonds. The minimum Gasteiger partial charge on any atom is -0.444 e. The van der Waals surface area contributed by atoms with E-state index in [4.69, 9.17) is 21.1 Å². The summed E-state index contributed by atoms with van der Waals surface area (Å²) in [7, 11) is 0. The van der Waals surface area contributed by atoms with Gasteiger partial charge < -0.3 is 20.1 Å². The van der Waals surface area contributed by atoms with Gasteiger partial charge in [0.25, 0.3) is 0 Å². The lowest BCUT2D eigenvalue weighted by molar-refractivity contribution is 0.0487. The van der Waals surface area contributed by atoms with Crippen molar-refractivity contribution in [2.75, 3.05) is 26.2 Å². The Kier molecular flexibility index (Phi) is 8.21. The van der Waals surface area contributed by atoms with Gasteiger partial charge in [0, 0.05) is 19.5 Å². The summed E-state index contributed by atoms with van der Waals surface area (Å²) in [5.41, 5.74) is 1.99. The van der Waals surface area contributed by atoms with Gasteiger partial charge in [0.2, 0.25) is 0 Å². The second-order valence-corrected chi connectivity index (χ2v) is 6.89. The maximum absolute atomic E-state index is 11.5. The van der Waals surface area contributed by atoms with Crippen LogP contribution in [0.5, 0.6) is 0 Å². The van der Waals surface area contributed by atoms with Crippen LogP contribution in [0.15, 0.2) is 11.1 Å². The Balaban J connectivity index is 2.22. The van der Waals surface area contributed by atoms with Crippen molar-refractivity contribution < 1.29 is 14.3 Å². The molecule has 0 fully saturated rings. The molecule has 2 N–H and O–H groups in total. The minimum atomic E-state index is -0.489. The molecule has 22 heavy (non-hydrogen) atoms. The van der Waals surface area contributed by atoms with Crippen LogP contribution in [0.3, 0.4) is 0 Å². The van der Waals surface area contributed by atoms with Crippen molar-refractivity contribution in [1.29, 1.82) is 0 Å². The van der Waals surface area contributed by atoms with Crippen molar-refractivity contribution in [3.8, 4) is 0 Å². The molecule has 1 atom stereocenters. The molecule has 0 aromatic heterocycles. The number of amides is 1. The van der Waals surface area contributed by atoms with Gasteiger partial charge in [-0.2, -0.15) is 0 Å². The Hall–Kier alpha value is -0.780. The Morgan fingerprint density at radius 2 is 2.14 bits per heavy atom. The average molecular weight is 333 g/mol. The first-order chi connectivity index (χ1) is 10.3. The highest BCUT2D eigenvalue weighted by Crippen LogP contribution is 2.22. The third-order valence-electron chi connectivity index (χ3n) is 3.34. The van der Waals surface area contributed by atoms with Gasteiger partial charge in [0.05, 0.1) is 6.61 Å². The average Bonchev–Trinajstić information content (AvgIpc) is 2.42. The predicted molar refractivity (Wildman–Crippen MR) is 89.3 cm³/mol. The number of carbonyl (C=O) groups is 1. The van der Waals surface area contributed by atoms with E-state index in [-0.39, 0.29) is 5.56 Å². The van der Waals surface area contributed by atoms with Gasteiger partial charge in [0.1, 0.15) is 11.2 Å². The number of carbonyl (C=O) groups excluding carboxylic acids is 1. The zero-order chi connectivity index (χ0) is 16.6. The van der Waals surface area contributed by atoms with Gasteiger partial charge >= 0.3 is 6.09 Å². The van der Waals surface area contributed by atoms with Crippen molar-refractivity contribution in [3.63, 3.8) is 0 Å². The smallest absolute Gasteiger partial charge is 0.407 e. The number of halogens is 1. The molecular formula is C16H29ClN2O3. The molecule has 0 aromatic carbocycles. The maximum Gasteiger partial charge on any atom is 0.407 e. The van der Waals surface area contributed by atoms with Crippen LogP contribution in [0.2, 0.25) is 0 Å². The van der Waals surface area contributed by atoms with Crippen molar-refractivity contribution in [1.82, 2.24) is 10.6 Å². The zero-order valence-corrected chi connectivity index (χ0v) is 14.9. The fraction of sp³-hybridized carbons (Fsp3) is 0.812. The number of alkyl carbamates (subject to hydrolysis) is 1. The summed E-state index contributed by atoms with van der Waals surface area (Å²) in [5.74, 6) is 0. The highest BCUT2D eigenvalue weighted by atomic mass is 35.5. The van der Waals surface area contributed by atoms with Crippen LogP contribution in [-0.4, -0.2) is 43.5 Å².